The molecule has 1 aromatic carbocycles. The lowest BCUT2D eigenvalue weighted by atomic mass is 9.95. The normalized spacial score (nSPS) is 18.4. The lowest BCUT2D eigenvalue weighted by Gasteiger charge is -2.34. The van der Waals surface area contributed by atoms with Crippen molar-refractivity contribution in [2.45, 2.75) is 45.1 Å². The van der Waals surface area contributed by atoms with Gasteiger partial charge in [0.1, 0.15) is 17.1 Å². The van der Waals surface area contributed by atoms with Gasteiger partial charge in [0.2, 0.25) is 0 Å². The fourth-order valence-electron chi connectivity index (χ4n) is 5.05. The van der Waals surface area contributed by atoms with Gasteiger partial charge in [0, 0.05) is 37.9 Å². The lowest BCUT2D eigenvalue weighted by molar-refractivity contribution is 0.312. The van der Waals surface area contributed by atoms with Crippen LogP contribution in [0.25, 0.3) is 22.4 Å². The maximum Gasteiger partial charge on any atom is 0.277 e. The van der Waals surface area contributed by atoms with Crippen LogP contribution in [0.5, 0.6) is 5.75 Å². The third kappa shape index (κ3) is 3.77. The number of rotatable bonds is 4. The molecule has 0 radical (unpaired) electrons. The molecule has 5 rings (SSSR count). The van der Waals surface area contributed by atoms with Gasteiger partial charge >= 0.3 is 0 Å². The SMILES string of the molecule is COc1cc(N2CCN(C)CC2)ccc1-c1nc2c(C)nn(C3CCCCC3)c2c(=O)[nH]1. The minimum Gasteiger partial charge on any atom is -0.496 e. The van der Waals surface area contributed by atoms with E-state index in [2.05, 4.69) is 27.9 Å². The van der Waals surface area contributed by atoms with Crippen LogP contribution in [0.15, 0.2) is 23.0 Å². The van der Waals surface area contributed by atoms with Gasteiger partial charge in [-0.25, -0.2) is 4.98 Å². The first-order valence-electron chi connectivity index (χ1n) is 11.7. The van der Waals surface area contributed by atoms with E-state index in [-0.39, 0.29) is 11.6 Å². The zero-order valence-corrected chi connectivity index (χ0v) is 19.2. The molecule has 1 saturated heterocycles. The first-order valence-corrected chi connectivity index (χ1v) is 11.7. The number of aromatic nitrogens is 4. The van der Waals surface area contributed by atoms with Gasteiger partial charge in [0.25, 0.3) is 5.56 Å². The number of ether oxygens (including phenoxy) is 1. The van der Waals surface area contributed by atoms with Crippen LogP contribution >= 0.6 is 0 Å². The van der Waals surface area contributed by atoms with Crippen LogP contribution in [0, 0.1) is 6.92 Å². The largest absolute Gasteiger partial charge is 0.496 e. The Morgan fingerprint density at radius 2 is 1.84 bits per heavy atom. The maximum atomic E-state index is 13.2. The summed E-state index contributed by atoms with van der Waals surface area (Å²) >= 11 is 0. The Balaban J connectivity index is 1.53. The Labute approximate surface area is 188 Å². The van der Waals surface area contributed by atoms with Crippen molar-refractivity contribution in [1.29, 1.82) is 0 Å². The summed E-state index contributed by atoms with van der Waals surface area (Å²) in [7, 11) is 3.81. The molecule has 2 aromatic heterocycles. The van der Waals surface area contributed by atoms with Crippen molar-refractivity contribution in [3.8, 4) is 17.1 Å². The summed E-state index contributed by atoms with van der Waals surface area (Å²) in [6, 6.07) is 6.41. The molecule has 1 aliphatic carbocycles. The van der Waals surface area contributed by atoms with E-state index in [1.54, 1.807) is 7.11 Å². The fourth-order valence-corrected chi connectivity index (χ4v) is 5.05. The number of H-pyrrole nitrogens is 1. The van der Waals surface area contributed by atoms with E-state index < -0.39 is 0 Å². The van der Waals surface area contributed by atoms with Crippen LogP contribution in [-0.2, 0) is 0 Å². The summed E-state index contributed by atoms with van der Waals surface area (Å²) in [6.45, 7) is 5.99. The van der Waals surface area contributed by atoms with Crippen LogP contribution in [0.3, 0.4) is 0 Å². The predicted molar refractivity (Wildman–Crippen MR) is 127 cm³/mol. The minimum atomic E-state index is -0.138. The molecule has 1 saturated carbocycles. The molecule has 0 unspecified atom stereocenters. The number of anilines is 1. The van der Waals surface area contributed by atoms with E-state index in [9.17, 15) is 4.79 Å². The second-order valence-corrected chi connectivity index (χ2v) is 9.11. The van der Waals surface area contributed by atoms with Crippen molar-refractivity contribution in [2.24, 2.45) is 0 Å². The first-order chi connectivity index (χ1) is 15.5. The number of nitrogens with one attached hydrogen (secondary N) is 1. The van der Waals surface area contributed by atoms with Crippen LogP contribution < -0.4 is 15.2 Å². The van der Waals surface area contributed by atoms with Crippen LogP contribution in [0.2, 0.25) is 0 Å². The molecule has 0 spiro atoms. The highest BCUT2D eigenvalue weighted by Gasteiger charge is 2.23. The zero-order chi connectivity index (χ0) is 22.2. The highest BCUT2D eigenvalue weighted by atomic mass is 16.5. The Morgan fingerprint density at radius 3 is 2.56 bits per heavy atom. The van der Waals surface area contributed by atoms with Gasteiger partial charge in [-0.05, 0) is 38.9 Å². The summed E-state index contributed by atoms with van der Waals surface area (Å²) < 4.78 is 7.64. The standard InChI is InChI=1S/C24H32N6O2/c1-16-21-22(30(27-16)17-7-5-4-6-8-17)24(31)26-23(25-21)19-10-9-18(15-20(19)32-3)29-13-11-28(2)12-14-29/h9-10,15,17H,4-8,11-14H2,1-3H3,(H,25,26,31). The number of aryl methyl sites for hydroxylation is 1. The molecule has 0 amide bonds. The van der Waals surface area contributed by atoms with E-state index >= 15 is 0 Å². The molecule has 2 aliphatic rings. The number of likely N-dealkylation sites (N-methyl/N-ethyl adjacent to an activating group) is 1. The van der Waals surface area contributed by atoms with Crippen molar-refractivity contribution in [3.05, 3.63) is 34.2 Å². The van der Waals surface area contributed by atoms with Gasteiger partial charge in [0.05, 0.1) is 24.4 Å². The van der Waals surface area contributed by atoms with Crippen LogP contribution in [-0.4, -0.2) is 65.0 Å². The number of fused-ring (bicyclic) bond motifs is 1. The quantitative estimate of drug-likeness (QED) is 0.676. The highest BCUT2D eigenvalue weighted by Crippen LogP contribution is 2.34. The number of aromatic amines is 1. The van der Waals surface area contributed by atoms with E-state index in [1.807, 2.05) is 23.7 Å². The summed E-state index contributed by atoms with van der Waals surface area (Å²) in [5, 5.41) is 4.73. The van der Waals surface area contributed by atoms with Crippen molar-refractivity contribution in [1.82, 2.24) is 24.6 Å². The van der Waals surface area contributed by atoms with Gasteiger partial charge in [-0.3, -0.25) is 9.48 Å². The molecule has 8 heteroatoms. The molecule has 2 fully saturated rings. The van der Waals surface area contributed by atoms with Crippen LogP contribution in [0.4, 0.5) is 5.69 Å². The zero-order valence-electron chi connectivity index (χ0n) is 19.2. The Bertz CT molecular complexity index is 1170. The van der Waals surface area contributed by atoms with Crippen molar-refractivity contribution < 1.29 is 4.74 Å². The van der Waals surface area contributed by atoms with Crippen LogP contribution in [0.1, 0.15) is 43.8 Å². The average molecular weight is 437 g/mol. The molecule has 1 N–H and O–H groups in total. The third-order valence-corrected chi connectivity index (χ3v) is 6.95. The molecule has 32 heavy (non-hydrogen) atoms. The number of nitrogens with zero attached hydrogens (tertiary/aromatic N) is 5. The van der Waals surface area contributed by atoms with Gasteiger partial charge < -0.3 is 19.5 Å². The molecule has 8 nitrogen and oxygen atoms in total. The summed E-state index contributed by atoms with van der Waals surface area (Å²) in [5.41, 5.74) is 3.84. The Hall–Kier alpha value is -2.87. The summed E-state index contributed by atoms with van der Waals surface area (Å²) in [6.07, 6.45) is 5.77. The van der Waals surface area contributed by atoms with Gasteiger partial charge in [-0.2, -0.15) is 5.10 Å². The molecule has 170 valence electrons. The van der Waals surface area contributed by atoms with Gasteiger partial charge in [-0.15, -0.1) is 0 Å². The topological polar surface area (TPSA) is 79.3 Å². The smallest absolute Gasteiger partial charge is 0.277 e. The maximum absolute atomic E-state index is 13.2. The molecule has 3 heterocycles. The number of hydrogen-bond acceptors (Lipinski definition) is 6. The van der Waals surface area contributed by atoms with Gasteiger partial charge in [0.15, 0.2) is 5.52 Å². The summed E-state index contributed by atoms with van der Waals surface area (Å²) in [5.74, 6) is 1.23. The third-order valence-electron chi connectivity index (χ3n) is 6.95. The Morgan fingerprint density at radius 1 is 1.09 bits per heavy atom. The summed E-state index contributed by atoms with van der Waals surface area (Å²) in [4.78, 5) is 25.7. The molecule has 0 atom stereocenters. The van der Waals surface area contributed by atoms with E-state index in [0.29, 0.717) is 22.6 Å². The van der Waals surface area contributed by atoms with Crippen molar-refractivity contribution in [2.75, 3.05) is 45.2 Å². The molecule has 1 aliphatic heterocycles. The molecular formula is C24H32N6O2. The molecule has 0 bridgehead atoms. The highest BCUT2D eigenvalue weighted by molar-refractivity contribution is 5.80. The van der Waals surface area contributed by atoms with Crippen molar-refractivity contribution in [3.63, 3.8) is 0 Å². The first kappa shape index (κ1) is 21.0. The molecular weight excluding hydrogens is 404 g/mol. The van der Waals surface area contributed by atoms with Gasteiger partial charge in [-0.1, -0.05) is 19.3 Å². The van der Waals surface area contributed by atoms with E-state index in [4.69, 9.17) is 14.8 Å². The van der Waals surface area contributed by atoms with E-state index in [1.165, 1.54) is 19.3 Å². The van der Waals surface area contributed by atoms with Crippen molar-refractivity contribution >= 4 is 16.7 Å². The monoisotopic (exact) mass is 436 g/mol. The minimum absolute atomic E-state index is 0.138. The Kier molecular flexibility index (Phi) is 5.63. The van der Waals surface area contributed by atoms with E-state index in [0.717, 1.165) is 56.0 Å². The fraction of sp³-hybridized carbons (Fsp3) is 0.542. The number of benzene rings is 1. The number of piperazine rings is 1. The molecule has 3 aromatic rings. The average Bonchev–Trinajstić information content (AvgIpc) is 3.16. The predicted octanol–water partition coefficient (Wildman–Crippen LogP) is 3.36. The number of hydrogen-bond donors (Lipinski definition) is 1. The second kappa shape index (κ2) is 8.58. The number of methoxy groups -OCH3 is 1. The second-order valence-electron chi connectivity index (χ2n) is 9.11. The lowest BCUT2D eigenvalue weighted by Crippen LogP contribution is -2.44.